The number of piperidine rings is 1. The predicted molar refractivity (Wildman–Crippen MR) is 109 cm³/mol. The molecule has 1 aromatic heterocycles. The number of hydrogen-bond donors (Lipinski definition) is 1. The molecule has 170 valence electrons. The Morgan fingerprint density at radius 2 is 1.84 bits per heavy atom. The normalized spacial score (nSPS) is 16.6. The SMILES string of the molecule is CC(C)Cn1nccc1NC(=O)C1CCN(S(=O)(=O)c2ccccc2C(F)(F)F)CC1. The van der Waals surface area contributed by atoms with Crippen molar-refractivity contribution in [3.63, 3.8) is 0 Å². The Morgan fingerprint density at radius 1 is 1.19 bits per heavy atom. The summed E-state index contributed by atoms with van der Waals surface area (Å²) in [6.07, 6.45) is -2.75. The summed E-state index contributed by atoms with van der Waals surface area (Å²) < 4.78 is 68.2. The number of halogens is 3. The molecule has 2 heterocycles. The molecule has 1 aliphatic rings. The summed E-state index contributed by atoms with van der Waals surface area (Å²) in [7, 11) is -4.33. The fraction of sp³-hybridized carbons (Fsp3) is 0.500. The minimum absolute atomic E-state index is 0.0299. The van der Waals surface area contributed by atoms with Crippen LogP contribution in [-0.4, -0.2) is 41.5 Å². The molecular weight excluding hydrogens is 433 g/mol. The molecule has 1 aliphatic heterocycles. The predicted octanol–water partition coefficient (Wildman–Crippen LogP) is 3.60. The lowest BCUT2D eigenvalue weighted by Gasteiger charge is -2.31. The fourth-order valence-electron chi connectivity index (χ4n) is 3.58. The first-order valence-electron chi connectivity index (χ1n) is 9.99. The summed E-state index contributed by atoms with van der Waals surface area (Å²) in [5.41, 5.74) is -1.19. The summed E-state index contributed by atoms with van der Waals surface area (Å²) in [5.74, 6) is 0.210. The van der Waals surface area contributed by atoms with Crippen LogP contribution < -0.4 is 5.32 Å². The molecule has 31 heavy (non-hydrogen) atoms. The quantitative estimate of drug-likeness (QED) is 0.717. The highest BCUT2D eigenvalue weighted by atomic mass is 32.2. The van der Waals surface area contributed by atoms with Crippen LogP contribution in [0.15, 0.2) is 41.4 Å². The lowest BCUT2D eigenvalue weighted by atomic mass is 9.97. The van der Waals surface area contributed by atoms with Gasteiger partial charge in [0.05, 0.1) is 16.7 Å². The number of hydrogen-bond acceptors (Lipinski definition) is 4. The van der Waals surface area contributed by atoms with Crippen LogP contribution in [-0.2, 0) is 27.5 Å². The highest BCUT2D eigenvalue weighted by Crippen LogP contribution is 2.36. The van der Waals surface area contributed by atoms with Gasteiger partial charge in [-0.3, -0.25) is 4.79 Å². The molecule has 3 rings (SSSR count). The minimum atomic E-state index is -4.78. The van der Waals surface area contributed by atoms with Gasteiger partial charge in [0.25, 0.3) is 0 Å². The van der Waals surface area contributed by atoms with E-state index in [9.17, 15) is 26.4 Å². The highest BCUT2D eigenvalue weighted by molar-refractivity contribution is 7.89. The van der Waals surface area contributed by atoms with Gasteiger partial charge in [-0.15, -0.1) is 0 Å². The van der Waals surface area contributed by atoms with Crippen LogP contribution in [0.5, 0.6) is 0 Å². The first-order chi connectivity index (χ1) is 14.5. The van der Waals surface area contributed by atoms with E-state index in [0.717, 1.165) is 22.5 Å². The monoisotopic (exact) mass is 458 g/mol. The second-order valence-electron chi connectivity index (χ2n) is 7.95. The van der Waals surface area contributed by atoms with Crippen LogP contribution in [0.1, 0.15) is 32.3 Å². The molecule has 0 spiro atoms. The number of benzene rings is 1. The Labute approximate surface area is 179 Å². The van der Waals surface area contributed by atoms with Crippen molar-refractivity contribution in [2.75, 3.05) is 18.4 Å². The third-order valence-electron chi connectivity index (χ3n) is 5.14. The molecule has 7 nitrogen and oxygen atoms in total. The van der Waals surface area contributed by atoms with Gasteiger partial charge in [0.15, 0.2) is 0 Å². The van der Waals surface area contributed by atoms with Crippen molar-refractivity contribution in [2.45, 2.75) is 44.3 Å². The van der Waals surface area contributed by atoms with Crippen LogP contribution in [0.3, 0.4) is 0 Å². The number of carbonyl (C=O) groups is 1. The van der Waals surface area contributed by atoms with Gasteiger partial charge in [0, 0.05) is 31.6 Å². The molecule has 1 amide bonds. The molecule has 1 saturated heterocycles. The van der Waals surface area contributed by atoms with Gasteiger partial charge in [0.1, 0.15) is 5.82 Å². The second kappa shape index (κ2) is 8.99. The first kappa shape index (κ1) is 23.3. The smallest absolute Gasteiger partial charge is 0.311 e. The summed E-state index contributed by atoms with van der Waals surface area (Å²) in [6.45, 7) is 4.63. The largest absolute Gasteiger partial charge is 0.417 e. The molecule has 0 saturated carbocycles. The van der Waals surface area contributed by atoms with Gasteiger partial charge >= 0.3 is 6.18 Å². The van der Waals surface area contributed by atoms with Crippen LogP contribution in [0.2, 0.25) is 0 Å². The molecule has 0 radical (unpaired) electrons. The van der Waals surface area contributed by atoms with Crippen molar-refractivity contribution >= 4 is 21.7 Å². The van der Waals surface area contributed by atoms with Gasteiger partial charge in [0.2, 0.25) is 15.9 Å². The van der Waals surface area contributed by atoms with E-state index in [1.165, 1.54) is 6.07 Å². The van der Waals surface area contributed by atoms with Gasteiger partial charge < -0.3 is 5.32 Å². The maximum absolute atomic E-state index is 13.3. The number of aromatic nitrogens is 2. The molecule has 0 unspecified atom stereocenters. The van der Waals surface area contributed by atoms with Crippen molar-refractivity contribution < 1.29 is 26.4 Å². The molecule has 0 bridgehead atoms. The van der Waals surface area contributed by atoms with E-state index in [4.69, 9.17) is 0 Å². The highest BCUT2D eigenvalue weighted by Gasteiger charge is 2.40. The molecule has 0 aliphatic carbocycles. The Hall–Kier alpha value is -2.40. The van der Waals surface area contributed by atoms with Gasteiger partial charge in [-0.25, -0.2) is 13.1 Å². The molecule has 2 aromatic rings. The summed E-state index contributed by atoms with van der Waals surface area (Å²) in [6, 6.07) is 5.83. The minimum Gasteiger partial charge on any atom is -0.311 e. The van der Waals surface area contributed by atoms with Gasteiger partial charge in [-0.05, 0) is 30.9 Å². The maximum Gasteiger partial charge on any atom is 0.417 e. The zero-order chi connectivity index (χ0) is 22.8. The van der Waals surface area contributed by atoms with E-state index in [-0.39, 0.29) is 31.8 Å². The van der Waals surface area contributed by atoms with E-state index in [0.29, 0.717) is 18.3 Å². The number of sulfonamides is 1. The molecule has 1 N–H and O–H groups in total. The Bertz CT molecular complexity index is 1030. The van der Waals surface area contributed by atoms with Crippen molar-refractivity contribution in [3.8, 4) is 0 Å². The summed E-state index contributed by atoms with van der Waals surface area (Å²) in [4.78, 5) is 11.9. The van der Waals surface area contributed by atoms with Crippen molar-refractivity contribution in [1.29, 1.82) is 0 Å². The summed E-state index contributed by atoms with van der Waals surface area (Å²) in [5, 5.41) is 7.01. The number of alkyl halides is 3. The maximum atomic E-state index is 13.3. The van der Waals surface area contributed by atoms with E-state index >= 15 is 0 Å². The van der Waals surface area contributed by atoms with Crippen molar-refractivity contribution in [2.24, 2.45) is 11.8 Å². The second-order valence-corrected chi connectivity index (χ2v) is 9.86. The number of anilines is 1. The Kier molecular flexibility index (Phi) is 6.75. The number of rotatable bonds is 6. The topological polar surface area (TPSA) is 84.3 Å². The third kappa shape index (κ3) is 5.27. The van der Waals surface area contributed by atoms with Gasteiger partial charge in [-0.2, -0.15) is 22.6 Å². The number of nitrogens with zero attached hydrogens (tertiary/aromatic N) is 3. The van der Waals surface area contributed by atoms with Crippen LogP contribution >= 0.6 is 0 Å². The van der Waals surface area contributed by atoms with E-state index < -0.39 is 32.6 Å². The van der Waals surface area contributed by atoms with Crippen LogP contribution in [0.4, 0.5) is 19.0 Å². The third-order valence-corrected chi connectivity index (χ3v) is 7.10. The van der Waals surface area contributed by atoms with Crippen molar-refractivity contribution in [3.05, 3.63) is 42.1 Å². The first-order valence-corrected chi connectivity index (χ1v) is 11.4. The molecule has 1 aromatic carbocycles. The van der Waals surface area contributed by atoms with E-state index in [2.05, 4.69) is 10.4 Å². The fourth-order valence-corrected chi connectivity index (χ4v) is 5.26. The number of amides is 1. The average molecular weight is 459 g/mol. The zero-order valence-electron chi connectivity index (χ0n) is 17.3. The van der Waals surface area contributed by atoms with Crippen LogP contribution in [0.25, 0.3) is 0 Å². The van der Waals surface area contributed by atoms with E-state index in [1.807, 2.05) is 13.8 Å². The Morgan fingerprint density at radius 3 is 2.45 bits per heavy atom. The molecule has 11 heteroatoms. The van der Waals surface area contributed by atoms with Gasteiger partial charge in [-0.1, -0.05) is 26.0 Å². The van der Waals surface area contributed by atoms with Crippen molar-refractivity contribution in [1.82, 2.24) is 14.1 Å². The average Bonchev–Trinajstić information content (AvgIpc) is 3.13. The molecule has 0 atom stereocenters. The lowest BCUT2D eigenvalue weighted by Crippen LogP contribution is -2.42. The van der Waals surface area contributed by atoms with E-state index in [1.54, 1.807) is 16.9 Å². The number of carbonyl (C=O) groups excluding carboxylic acids is 1. The standard InChI is InChI=1S/C20H25F3N4O3S/c1-14(2)13-27-18(7-10-24-27)25-19(28)15-8-11-26(12-9-15)31(29,30)17-6-4-3-5-16(17)20(21,22)23/h3-7,10,14-15H,8-9,11-13H2,1-2H3,(H,25,28). The molecule has 1 fully saturated rings. The number of nitrogens with one attached hydrogen (secondary N) is 1. The molecular formula is C20H25F3N4O3S. The van der Waals surface area contributed by atoms with Crippen LogP contribution in [0, 0.1) is 11.8 Å². The lowest BCUT2D eigenvalue weighted by molar-refractivity contribution is -0.139. The Balaban J connectivity index is 1.67. The zero-order valence-corrected chi connectivity index (χ0v) is 18.1. The summed E-state index contributed by atoms with van der Waals surface area (Å²) >= 11 is 0.